The molecule has 32 heavy (non-hydrogen) atoms. The molecule has 7 heteroatoms. The lowest BCUT2D eigenvalue weighted by Gasteiger charge is -2.21. The minimum absolute atomic E-state index is 0.0751. The molecule has 0 fully saturated rings. The fourth-order valence-electron chi connectivity index (χ4n) is 3.48. The Morgan fingerprint density at radius 1 is 0.969 bits per heavy atom. The van der Waals surface area contributed by atoms with Crippen LogP contribution in [-0.2, 0) is 11.3 Å². The molecule has 0 saturated carbocycles. The van der Waals surface area contributed by atoms with E-state index < -0.39 is 0 Å². The van der Waals surface area contributed by atoms with Crippen molar-refractivity contribution >= 4 is 17.7 Å². The van der Waals surface area contributed by atoms with Gasteiger partial charge in [-0.2, -0.15) is 0 Å². The lowest BCUT2D eigenvalue weighted by Crippen LogP contribution is -2.31. The number of aryl methyl sites for hydroxylation is 1. The number of amides is 1. The van der Waals surface area contributed by atoms with E-state index in [0.29, 0.717) is 24.0 Å². The van der Waals surface area contributed by atoms with Crippen LogP contribution in [0, 0.1) is 6.92 Å². The van der Waals surface area contributed by atoms with Gasteiger partial charge in [-0.25, -0.2) is 0 Å². The van der Waals surface area contributed by atoms with E-state index in [9.17, 15) is 4.79 Å². The van der Waals surface area contributed by atoms with E-state index in [4.69, 9.17) is 0 Å². The molecule has 0 spiro atoms. The van der Waals surface area contributed by atoms with Crippen molar-refractivity contribution in [2.45, 2.75) is 25.5 Å². The Kier molecular flexibility index (Phi) is 6.97. The maximum atomic E-state index is 13.0. The Morgan fingerprint density at radius 3 is 2.41 bits per heavy atom. The molecule has 0 radical (unpaired) electrons. The van der Waals surface area contributed by atoms with Gasteiger partial charge in [-0.15, -0.1) is 10.2 Å². The number of hydrogen-bond acceptors (Lipinski definition) is 5. The molecule has 0 saturated heterocycles. The first kappa shape index (κ1) is 21.8. The van der Waals surface area contributed by atoms with Crippen LogP contribution in [0.3, 0.4) is 0 Å². The van der Waals surface area contributed by atoms with Gasteiger partial charge in [0.15, 0.2) is 11.0 Å². The van der Waals surface area contributed by atoms with Crippen LogP contribution < -0.4 is 0 Å². The van der Waals surface area contributed by atoms with Crippen LogP contribution in [0.25, 0.3) is 17.1 Å². The van der Waals surface area contributed by atoms with Crippen molar-refractivity contribution in [3.63, 3.8) is 0 Å². The zero-order valence-corrected chi connectivity index (χ0v) is 19.0. The van der Waals surface area contributed by atoms with Crippen molar-refractivity contribution in [3.8, 4) is 17.1 Å². The van der Waals surface area contributed by atoms with E-state index in [1.807, 2.05) is 77.1 Å². The molecule has 6 nitrogen and oxygen atoms in total. The quantitative estimate of drug-likeness (QED) is 0.367. The highest BCUT2D eigenvalue weighted by atomic mass is 32.2. The highest BCUT2D eigenvalue weighted by Gasteiger charge is 2.20. The first-order valence-corrected chi connectivity index (χ1v) is 11.5. The topological polar surface area (TPSA) is 63.9 Å². The number of thioether (sulfide) groups is 1. The van der Waals surface area contributed by atoms with Gasteiger partial charge in [-0.3, -0.25) is 14.3 Å². The van der Waals surface area contributed by atoms with Gasteiger partial charge in [-0.1, -0.05) is 60.3 Å². The van der Waals surface area contributed by atoms with Crippen LogP contribution in [0.2, 0.25) is 0 Å². The van der Waals surface area contributed by atoms with Crippen LogP contribution in [0.4, 0.5) is 0 Å². The Morgan fingerprint density at radius 2 is 1.69 bits per heavy atom. The van der Waals surface area contributed by atoms with Gasteiger partial charge in [0.05, 0.1) is 11.4 Å². The molecule has 0 aliphatic rings. The number of benzene rings is 2. The van der Waals surface area contributed by atoms with Crippen molar-refractivity contribution in [2.24, 2.45) is 0 Å². The van der Waals surface area contributed by atoms with Crippen LogP contribution in [0.15, 0.2) is 84.3 Å². The molecule has 0 atom stereocenters. The van der Waals surface area contributed by atoms with Crippen molar-refractivity contribution in [1.82, 2.24) is 24.6 Å². The maximum Gasteiger partial charge on any atom is 0.233 e. The summed E-state index contributed by atoms with van der Waals surface area (Å²) >= 11 is 1.41. The zero-order valence-electron chi connectivity index (χ0n) is 18.2. The van der Waals surface area contributed by atoms with Gasteiger partial charge in [-0.05, 0) is 43.2 Å². The molecule has 162 valence electrons. The molecule has 0 bridgehead atoms. The smallest absolute Gasteiger partial charge is 0.233 e. The SMILES string of the molecule is CCN(Cc1ccccc1)C(=O)CSc1nnc(-c2ccncc2)n1-c1ccccc1C. The van der Waals surface area contributed by atoms with Crippen molar-refractivity contribution in [2.75, 3.05) is 12.3 Å². The molecule has 0 aliphatic heterocycles. The van der Waals surface area contributed by atoms with Gasteiger partial charge < -0.3 is 4.90 Å². The van der Waals surface area contributed by atoms with E-state index in [1.165, 1.54) is 11.8 Å². The zero-order chi connectivity index (χ0) is 22.3. The highest BCUT2D eigenvalue weighted by Crippen LogP contribution is 2.29. The van der Waals surface area contributed by atoms with Crippen molar-refractivity contribution < 1.29 is 4.79 Å². The number of rotatable bonds is 8. The minimum atomic E-state index is 0.0751. The number of aromatic nitrogens is 4. The number of carbonyl (C=O) groups excluding carboxylic acids is 1. The fourth-order valence-corrected chi connectivity index (χ4v) is 4.33. The van der Waals surface area contributed by atoms with Crippen molar-refractivity contribution in [3.05, 3.63) is 90.3 Å². The number of carbonyl (C=O) groups is 1. The second kappa shape index (κ2) is 10.2. The average molecular weight is 444 g/mol. The summed E-state index contributed by atoms with van der Waals surface area (Å²) < 4.78 is 2.02. The third-order valence-corrected chi connectivity index (χ3v) is 6.12. The van der Waals surface area contributed by atoms with Crippen molar-refractivity contribution in [1.29, 1.82) is 0 Å². The summed E-state index contributed by atoms with van der Waals surface area (Å²) in [6, 6.07) is 22.0. The summed E-state index contributed by atoms with van der Waals surface area (Å²) in [7, 11) is 0. The number of para-hydroxylation sites is 1. The molecular weight excluding hydrogens is 418 g/mol. The third-order valence-electron chi connectivity index (χ3n) is 5.20. The molecule has 2 aromatic carbocycles. The normalized spacial score (nSPS) is 10.8. The van der Waals surface area contributed by atoms with Gasteiger partial charge in [0, 0.05) is 31.0 Å². The third kappa shape index (κ3) is 4.89. The van der Waals surface area contributed by atoms with Crippen LogP contribution in [0.5, 0.6) is 0 Å². The molecule has 0 N–H and O–H groups in total. The Labute approximate surface area is 192 Å². The average Bonchev–Trinajstić information content (AvgIpc) is 3.26. The van der Waals surface area contributed by atoms with Gasteiger partial charge in [0.1, 0.15) is 0 Å². The summed E-state index contributed by atoms with van der Waals surface area (Å²) in [5.41, 5.74) is 4.15. The van der Waals surface area contributed by atoms with Crippen LogP contribution in [0.1, 0.15) is 18.1 Å². The Hall–Kier alpha value is -3.45. The van der Waals surface area contributed by atoms with Crippen LogP contribution in [-0.4, -0.2) is 42.9 Å². The molecular formula is C25H25N5OS. The standard InChI is InChI=1S/C25H25N5OS/c1-3-29(17-20-10-5-4-6-11-20)23(31)18-32-25-28-27-24(21-13-15-26-16-14-21)30(25)22-12-8-7-9-19(22)2/h4-16H,3,17-18H2,1-2H3. The van der Waals surface area contributed by atoms with Crippen LogP contribution >= 0.6 is 11.8 Å². The summed E-state index contributed by atoms with van der Waals surface area (Å²) in [4.78, 5) is 19.0. The van der Waals surface area contributed by atoms with E-state index in [1.54, 1.807) is 12.4 Å². The fraction of sp³-hybridized carbons (Fsp3) is 0.200. The minimum Gasteiger partial charge on any atom is -0.338 e. The monoisotopic (exact) mass is 443 g/mol. The predicted octanol–water partition coefficient (Wildman–Crippen LogP) is 4.78. The van der Waals surface area contributed by atoms with Gasteiger partial charge in [0.2, 0.25) is 5.91 Å². The second-order valence-corrected chi connectivity index (χ2v) is 8.29. The second-order valence-electron chi connectivity index (χ2n) is 7.35. The number of hydrogen-bond donors (Lipinski definition) is 0. The lowest BCUT2D eigenvalue weighted by atomic mass is 10.2. The van der Waals surface area contributed by atoms with E-state index >= 15 is 0 Å². The summed E-state index contributed by atoms with van der Waals surface area (Å²) in [6.45, 7) is 5.32. The predicted molar refractivity (Wildman–Crippen MR) is 128 cm³/mol. The molecule has 0 aliphatic carbocycles. The summed E-state index contributed by atoms with van der Waals surface area (Å²) in [5, 5.41) is 9.58. The molecule has 1 amide bonds. The molecule has 4 rings (SSSR count). The van der Waals surface area contributed by atoms with Gasteiger partial charge in [0.25, 0.3) is 0 Å². The molecule has 2 aromatic heterocycles. The van der Waals surface area contributed by atoms with E-state index in [-0.39, 0.29) is 5.91 Å². The summed E-state index contributed by atoms with van der Waals surface area (Å²) in [6.07, 6.45) is 3.48. The van der Waals surface area contributed by atoms with E-state index in [0.717, 1.165) is 28.2 Å². The first-order valence-electron chi connectivity index (χ1n) is 10.5. The lowest BCUT2D eigenvalue weighted by molar-refractivity contribution is -0.128. The highest BCUT2D eigenvalue weighted by molar-refractivity contribution is 7.99. The first-order chi connectivity index (χ1) is 15.7. The Bertz CT molecular complexity index is 1180. The maximum absolute atomic E-state index is 13.0. The molecule has 4 aromatic rings. The number of pyridine rings is 1. The molecule has 2 heterocycles. The molecule has 0 unspecified atom stereocenters. The largest absolute Gasteiger partial charge is 0.338 e. The summed E-state index contributed by atoms with van der Waals surface area (Å²) in [5.74, 6) is 1.10. The van der Waals surface area contributed by atoms with Gasteiger partial charge >= 0.3 is 0 Å². The van der Waals surface area contributed by atoms with E-state index in [2.05, 4.69) is 28.2 Å². The number of nitrogens with zero attached hydrogens (tertiary/aromatic N) is 5. The Balaban J connectivity index is 1.59.